The zero-order chi connectivity index (χ0) is 15.6. The van der Waals surface area contributed by atoms with Gasteiger partial charge < -0.3 is 20.1 Å². The number of amides is 2. The summed E-state index contributed by atoms with van der Waals surface area (Å²) in [7, 11) is 1.39. The Labute approximate surface area is 125 Å². The van der Waals surface area contributed by atoms with Gasteiger partial charge in [0.25, 0.3) is 5.91 Å². The molecule has 0 aromatic carbocycles. The van der Waals surface area contributed by atoms with Crippen LogP contribution in [0.2, 0.25) is 0 Å². The van der Waals surface area contributed by atoms with E-state index in [0.717, 1.165) is 4.88 Å². The zero-order valence-corrected chi connectivity index (χ0v) is 12.6. The summed E-state index contributed by atoms with van der Waals surface area (Å²) in [5.41, 5.74) is 0.834. The van der Waals surface area contributed by atoms with Gasteiger partial charge in [-0.3, -0.25) is 9.59 Å². The number of aromatic carboxylic acids is 1. The van der Waals surface area contributed by atoms with E-state index < -0.39 is 11.9 Å². The van der Waals surface area contributed by atoms with E-state index in [2.05, 4.69) is 5.32 Å². The number of carboxylic acids is 1. The van der Waals surface area contributed by atoms with Crippen molar-refractivity contribution in [3.8, 4) is 0 Å². The van der Waals surface area contributed by atoms with E-state index in [1.54, 1.807) is 4.90 Å². The molecule has 114 valence electrons. The third-order valence-electron chi connectivity index (χ3n) is 3.24. The van der Waals surface area contributed by atoms with Crippen LogP contribution in [0.4, 0.5) is 5.00 Å². The molecule has 21 heavy (non-hydrogen) atoms. The average molecular weight is 312 g/mol. The van der Waals surface area contributed by atoms with Crippen LogP contribution in [0.15, 0.2) is 0 Å². The van der Waals surface area contributed by atoms with Crippen LogP contribution in [0.1, 0.15) is 27.7 Å². The van der Waals surface area contributed by atoms with Crippen molar-refractivity contribution in [2.75, 3.05) is 25.6 Å². The summed E-state index contributed by atoms with van der Waals surface area (Å²) in [5, 5.41) is 12.2. The molecule has 0 atom stereocenters. The van der Waals surface area contributed by atoms with Gasteiger partial charge in [0.15, 0.2) is 0 Å². The lowest BCUT2D eigenvalue weighted by Crippen LogP contribution is -2.33. The molecule has 2 N–H and O–H groups in total. The smallest absolute Gasteiger partial charge is 0.339 e. The number of hydrogen-bond donors (Lipinski definition) is 2. The zero-order valence-electron chi connectivity index (χ0n) is 11.8. The summed E-state index contributed by atoms with van der Waals surface area (Å²) >= 11 is 1.20. The largest absolute Gasteiger partial charge is 0.478 e. The first-order valence-corrected chi connectivity index (χ1v) is 7.17. The van der Waals surface area contributed by atoms with Crippen molar-refractivity contribution in [2.45, 2.75) is 19.9 Å². The molecule has 1 aliphatic heterocycles. The number of rotatable bonds is 4. The number of methoxy groups -OCH3 is 1. The average Bonchev–Trinajstić information content (AvgIpc) is 2.75. The Bertz CT molecular complexity index is 596. The molecule has 0 saturated heterocycles. The number of ether oxygens (including phenoxy) is 1. The molecule has 8 heteroatoms. The Hall–Kier alpha value is -1.93. The molecule has 1 aromatic rings. The van der Waals surface area contributed by atoms with Crippen LogP contribution >= 0.6 is 11.3 Å². The maximum absolute atomic E-state index is 11.6. The number of carbonyl (C=O) groups excluding carboxylic acids is 2. The quantitative estimate of drug-likeness (QED) is 0.862. The van der Waals surface area contributed by atoms with Crippen molar-refractivity contribution in [1.82, 2.24) is 4.90 Å². The molecule has 0 fully saturated rings. The maximum Gasteiger partial charge on any atom is 0.339 e. The van der Waals surface area contributed by atoms with Crippen molar-refractivity contribution in [2.24, 2.45) is 0 Å². The fourth-order valence-electron chi connectivity index (χ4n) is 2.28. The minimum atomic E-state index is -1.07. The molecule has 2 rings (SSSR count). The number of carbonyl (C=O) groups is 3. The van der Waals surface area contributed by atoms with Gasteiger partial charge in [-0.2, -0.15) is 0 Å². The highest BCUT2D eigenvalue weighted by atomic mass is 32.1. The number of fused-ring (bicyclic) bond motifs is 1. The maximum atomic E-state index is 11.6. The predicted octanol–water partition coefficient (Wildman–Crippen LogP) is 0.936. The molecule has 0 spiro atoms. The monoisotopic (exact) mass is 312 g/mol. The van der Waals surface area contributed by atoms with Crippen LogP contribution in [0.3, 0.4) is 0 Å². The number of thiophene rings is 1. The molecule has 1 aromatic heterocycles. The van der Waals surface area contributed by atoms with Crippen LogP contribution in [-0.2, 0) is 27.3 Å². The molecule has 0 unspecified atom stereocenters. The first kappa shape index (κ1) is 15.5. The van der Waals surface area contributed by atoms with E-state index in [9.17, 15) is 19.5 Å². The van der Waals surface area contributed by atoms with Gasteiger partial charge in [0.05, 0.1) is 12.1 Å². The first-order chi connectivity index (χ1) is 9.93. The van der Waals surface area contributed by atoms with E-state index in [4.69, 9.17) is 4.74 Å². The standard InChI is InChI=1S/C13H16N2O5S/c1-7(16)15-4-3-8-9(5-15)21-12(11(8)13(18)19)14-10(17)6-20-2/h3-6H2,1-2H3,(H,14,17)(H,18,19). The molecular formula is C13H16N2O5S. The number of carboxylic acid groups (broad SMARTS) is 1. The minimum Gasteiger partial charge on any atom is -0.478 e. The number of nitrogens with one attached hydrogen (secondary N) is 1. The van der Waals surface area contributed by atoms with Gasteiger partial charge >= 0.3 is 5.97 Å². The van der Waals surface area contributed by atoms with E-state index in [1.807, 2.05) is 0 Å². The van der Waals surface area contributed by atoms with Gasteiger partial charge in [-0.15, -0.1) is 11.3 Å². The van der Waals surface area contributed by atoms with Crippen LogP contribution in [-0.4, -0.2) is 48.1 Å². The highest BCUT2D eigenvalue weighted by Gasteiger charge is 2.29. The number of anilines is 1. The van der Waals surface area contributed by atoms with Crippen molar-refractivity contribution in [1.29, 1.82) is 0 Å². The molecule has 0 saturated carbocycles. The Kier molecular flexibility index (Phi) is 4.59. The minimum absolute atomic E-state index is 0.0455. The summed E-state index contributed by atoms with van der Waals surface area (Å²) in [6.45, 7) is 2.22. The molecule has 0 bridgehead atoms. The van der Waals surface area contributed by atoms with Crippen molar-refractivity contribution in [3.63, 3.8) is 0 Å². The predicted molar refractivity (Wildman–Crippen MR) is 76.6 cm³/mol. The highest BCUT2D eigenvalue weighted by Crippen LogP contribution is 2.37. The summed E-state index contributed by atoms with van der Waals surface area (Å²) in [6, 6.07) is 0. The summed E-state index contributed by atoms with van der Waals surface area (Å²) < 4.78 is 4.72. The van der Waals surface area contributed by atoms with Gasteiger partial charge in [0.1, 0.15) is 11.6 Å². The van der Waals surface area contributed by atoms with Crippen molar-refractivity contribution >= 4 is 34.1 Å². The van der Waals surface area contributed by atoms with E-state index >= 15 is 0 Å². The summed E-state index contributed by atoms with van der Waals surface area (Å²) in [6.07, 6.45) is 0.479. The van der Waals surface area contributed by atoms with Crippen LogP contribution in [0.5, 0.6) is 0 Å². The second-order valence-electron chi connectivity index (χ2n) is 4.68. The fraction of sp³-hybridized carbons (Fsp3) is 0.462. The Morgan fingerprint density at radius 2 is 2.14 bits per heavy atom. The lowest BCUT2D eigenvalue weighted by atomic mass is 10.0. The molecule has 0 radical (unpaired) electrons. The lowest BCUT2D eigenvalue weighted by molar-refractivity contribution is -0.129. The topological polar surface area (TPSA) is 95.9 Å². The van der Waals surface area contributed by atoms with Crippen LogP contribution in [0.25, 0.3) is 0 Å². The van der Waals surface area contributed by atoms with Gasteiger partial charge in [-0.1, -0.05) is 0 Å². The third kappa shape index (κ3) is 3.22. The fourth-order valence-corrected chi connectivity index (χ4v) is 3.55. The van der Waals surface area contributed by atoms with Crippen molar-refractivity contribution < 1.29 is 24.2 Å². The number of nitrogens with zero attached hydrogens (tertiary/aromatic N) is 1. The Balaban J connectivity index is 2.32. The number of hydrogen-bond acceptors (Lipinski definition) is 5. The lowest BCUT2D eigenvalue weighted by Gasteiger charge is -2.25. The summed E-state index contributed by atoms with van der Waals surface area (Å²) in [5.74, 6) is -1.52. The molecule has 1 aliphatic rings. The second kappa shape index (κ2) is 6.23. The molecule has 0 aliphatic carbocycles. The van der Waals surface area contributed by atoms with Gasteiger partial charge in [0.2, 0.25) is 5.91 Å². The van der Waals surface area contributed by atoms with Crippen LogP contribution in [0, 0.1) is 0 Å². The summed E-state index contributed by atoms with van der Waals surface area (Å²) in [4.78, 5) is 36.9. The van der Waals surface area contributed by atoms with Gasteiger partial charge in [0, 0.05) is 25.5 Å². The van der Waals surface area contributed by atoms with Gasteiger partial charge in [-0.05, 0) is 12.0 Å². The van der Waals surface area contributed by atoms with Gasteiger partial charge in [-0.25, -0.2) is 4.79 Å². The van der Waals surface area contributed by atoms with Crippen LogP contribution < -0.4 is 5.32 Å². The Morgan fingerprint density at radius 1 is 1.43 bits per heavy atom. The molecule has 2 heterocycles. The SMILES string of the molecule is COCC(=O)Nc1sc2c(c1C(=O)O)CCN(C(C)=O)C2. The molecule has 7 nitrogen and oxygen atoms in total. The highest BCUT2D eigenvalue weighted by molar-refractivity contribution is 7.17. The van der Waals surface area contributed by atoms with E-state index in [-0.39, 0.29) is 18.1 Å². The Morgan fingerprint density at radius 3 is 2.71 bits per heavy atom. The molecule has 2 amide bonds. The normalized spacial score (nSPS) is 13.7. The third-order valence-corrected chi connectivity index (χ3v) is 4.38. The second-order valence-corrected chi connectivity index (χ2v) is 5.79. The molecular weight excluding hydrogens is 296 g/mol. The first-order valence-electron chi connectivity index (χ1n) is 6.36. The van der Waals surface area contributed by atoms with Crippen molar-refractivity contribution in [3.05, 3.63) is 16.0 Å². The van der Waals surface area contributed by atoms with E-state index in [0.29, 0.717) is 30.1 Å². The van der Waals surface area contributed by atoms with E-state index in [1.165, 1.54) is 25.4 Å².